The maximum Gasteiger partial charge on any atom is 0.295 e. The highest BCUT2D eigenvalue weighted by Crippen LogP contribution is 2.30. The summed E-state index contributed by atoms with van der Waals surface area (Å²) in [5.74, 6) is -0.580. The minimum absolute atomic E-state index is 0.113. The number of nitro groups is 1. The van der Waals surface area contributed by atoms with Crippen molar-refractivity contribution in [1.82, 2.24) is 5.32 Å². The van der Waals surface area contributed by atoms with E-state index in [1.54, 1.807) is 0 Å². The van der Waals surface area contributed by atoms with Gasteiger partial charge in [0.05, 0.1) is 11.0 Å². The molecule has 0 aromatic heterocycles. The molecule has 1 aliphatic rings. The third kappa shape index (κ3) is 3.25. The standard InChI is InChI=1S/C14H20FN3O2/c1-10(2)17(9-12-4-3-7-16-12)13-6-5-11(15)8-14(13)18(19)20/h5-6,8,10,12,16H,3-4,7,9H2,1-2H3. The van der Waals surface area contributed by atoms with Gasteiger partial charge in [-0.25, -0.2) is 4.39 Å². The fourth-order valence-electron chi connectivity index (χ4n) is 2.62. The van der Waals surface area contributed by atoms with Gasteiger partial charge in [0.2, 0.25) is 0 Å². The molecule has 0 bridgehead atoms. The van der Waals surface area contributed by atoms with Crippen LogP contribution in [0.2, 0.25) is 0 Å². The second-order valence-corrected chi connectivity index (χ2v) is 5.43. The molecule has 0 radical (unpaired) electrons. The molecule has 0 spiro atoms. The van der Waals surface area contributed by atoms with Gasteiger partial charge in [-0.2, -0.15) is 0 Å². The lowest BCUT2D eigenvalue weighted by Crippen LogP contribution is -2.41. The molecule has 20 heavy (non-hydrogen) atoms. The molecule has 0 amide bonds. The summed E-state index contributed by atoms with van der Waals surface area (Å²) >= 11 is 0. The van der Waals surface area contributed by atoms with E-state index in [9.17, 15) is 14.5 Å². The summed E-state index contributed by atoms with van der Waals surface area (Å²) in [5.41, 5.74) is 0.316. The molecule has 1 fully saturated rings. The number of halogens is 1. The summed E-state index contributed by atoms with van der Waals surface area (Å²) in [4.78, 5) is 12.6. The Kier molecular flexibility index (Phi) is 4.54. The number of rotatable bonds is 5. The van der Waals surface area contributed by atoms with Crippen LogP contribution in [0.4, 0.5) is 15.8 Å². The third-order valence-corrected chi connectivity index (χ3v) is 3.65. The Labute approximate surface area is 117 Å². The van der Waals surface area contributed by atoms with E-state index in [-0.39, 0.29) is 11.7 Å². The highest BCUT2D eigenvalue weighted by atomic mass is 19.1. The molecule has 110 valence electrons. The lowest BCUT2D eigenvalue weighted by Gasteiger charge is -2.31. The first kappa shape index (κ1) is 14.7. The van der Waals surface area contributed by atoms with Crippen LogP contribution in [0, 0.1) is 15.9 Å². The number of hydrogen-bond acceptors (Lipinski definition) is 4. The van der Waals surface area contributed by atoms with Gasteiger partial charge in [-0.15, -0.1) is 0 Å². The molecule has 1 saturated heterocycles. The number of nitrogens with one attached hydrogen (secondary N) is 1. The monoisotopic (exact) mass is 281 g/mol. The number of nitro benzene ring substituents is 1. The first-order valence-electron chi connectivity index (χ1n) is 6.93. The highest BCUT2D eigenvalue weighted by molar-refractivity contribution is 5.63. The average Bonchev–Trinajstić information content (AvgIpc) is 2.89. The van der Waals surface area contributed by atoms with Gasteiger partial charge in [0.1, 0.15) is 11.5 Å². The van der Waals surface area contributed by atoms with E-state index in [2.05, 4.69) is 5.32 Å². The van der Waals surface area contributed by atoms with Crippen LogP contribution >= 0.6 is 0 Å². The summed E-state index contributed by atoms with van der Waals surface area (Å²) < 4.78 is 13.2. The molecule has 6 heteroatoms. The molecule has 1 aromatic carbocycles. The Morgan fingerprint density at radius 3 is 2.85 bits per heavy atom. The van der Waals surface area contributed by atoms with Crippen molar-refractivity contribution >= 4 is 11.4 Å². The van der Waals surface area contributed by atoms with E-state index < -0.39 is 10.7 Å². The summed E-state index contributed by atoms with van der Waals surface area (Å²) in [6.07, 6.45) is 2.19. The highest BCUT2D eigenvalue weighted by Gasteiger charge is 2.25. The van der Waals surface area contributed by atoms with E-state index in [1.807, 2.05) is 18.7 Å². The van der Waals surface area contributed by atoms with Crippen molar-refractivity contribution in [3.8, 4) is 0 Å². The van der Waals surface area contributed by atoms with Crippen LogP contribution in [0.5, 0.6) is 0 Å². The summed E-state index contributed by atoms with van der Waals surface area (Å²) in [5, 5.41) is 14.5. The van der Waals surface area contributed by atoms with Gasteiger partial charge in [-0.3, -0.25) is 10.1 Å². The molecule has 1 N–H and O–H groups in total. The van der Waals surface area contributed by atoms with Crippen LogP contribution in [-0.2, 0) is 0 Å². The normalized spacial score (nSPS) is 18.5. The summed E-state index contributed by atoms with van der Waals surface area (Å²) in [6, 6.07) is 4.22. The van der Waals surface area contributed by atoms with Crippen LogP contribution in [-0.4, -0.2) is 30.1 Å². The van der Waals surface area contributed by atoms with Crippen molar-refractivity contribution in [3.05, 3.63) is 34.1 Å². The van der Waals surface area contributed by atoms with E-state index in [1.165, 1.54) is 12.1 Å². The predicted molar refractivity (Wildman–Crippen MR) is 76.6 cm³/mol. The van der Waals surface area contributed by atoms with Gasteiger partial charge in [-0.1, -0.05) is 0 Å². The van der Waals surface area contributed by atoms with Gasteiger partial charge in [-0.05, 0) is 45.4 Å². The number of nitrogens with zero attached hydrogens (tertiary/aromatic N) is 2. The summed E-state index contributed by atoms with van der Waals surface area (Å²) in [6.45, 7) is 5.66. The van der Waals surface area contributed by atoms with Crippen LogP contribution < -0.4 is 10.2 Å². The number of hydrogen-bond donors (Lipinski definition) is 1. The number of anilines is 1. The molecular formula is C14H20FN3O2. The quantitative estimate of drug-likeness (QED) is 0.666. The SMILES string of the molecule is CC(C)N(CC1CCCN1)c1ccc(F)cc1[N+](=O)[O-]. The van der Waals surface area contributed by atoms with E-state index in [0.717, 1.165) is 25.5 Å². The fourth-order valence-corrected chi connectivity index (χ4v) is 2.62. The fraction of sp³-hybridized carbons (Fsp3) is 0.571. The van der Waals surface area contributed by atoms with E-state index in [4.69, 9.17) is 0 Å². The van der Waals surface area contributed by atoms with Gasteiger partial charge < -0.3 is 10.2 Å². The van der Waals surface area contributed by atoms with E-state index in [0.29, 0.717) is 18.3 Å². The second kappa shape index (κ2) is 6.17. The minimum atomic E-state index is -0.580. The van der Waals surface area contributed by atoms with Crippen LogP contribution in [0.15, 0.2) is 18.2 Å². The van der Waals surface area contributed by atoms with Crippen molar-refractivity contribution in [2.24, 2.45) is 0 Å². The number of benzene rings is 1. The topological polar surface area (TPSA) is 58.4 Å². The first-order chi connectivity index (χ1) is 9.49. The van der Waals surface area contributed by atoms with Gasteiger partial charge in [0, 0.05) is 18.6 Å². The van der Waals surface area contributed by atoms with Crippen molar-refractivity contribution in [1.29, 1.82) is 0 Å². The second-order valence-electron chi connectivity index (χ2n) is 5.43. The Hall–Kier alpha value is -1.69. The molecule has 2 rings (SSSR count). The minimum Gasteiger partial charge on any atom is -0.362 e. The van der Waals surface area contributed by atoms with Crippen molar-refractivity contribution < 1.29 is 9.31 Å². The lowest BCUT2D eigenvalue weighted by atomic mass is 10.1. The molecule has 1 atom stereocenters. The zero-order valence-electron chi connectivity index (χ0n) is 11.8. The largest absolute Gasteiger partial charge is 0.362 e. The molecule has 1 aliphatic heterocycles. The molecule has 0 saturated carbocycles. The summed E-state index contributed by atoms with van der Waals surface area (Å²) in [7, 11) is 0. The molecule has 1 aromatic rings. The first-order valence-corrected chi connectivity index (χ1v) is 6.93. The lowest BCUT2D eigenvalue weighted by molar-refractivity contribution is -0.384. The molecule has 0 aliphatic carbocycles. The molecule has 1 heterocycles. The smallest absolute Gasteiger partial charge is 0.295 e. The van der Waals surface area contributed by atoms with Gasteiger partial charge in [0.25, 0.3) is 5.69 Å². The maximum atomic E-state index is 13.2. The van der Waals surface area contributed by atoms with Crippen molar-refractivity contribution in [3.63, 3.8) is 0 Å². The Morgan fingerprint density at radius 1 is 1.55 bits per heavy atom. The Morgan fingerprint density at radius 2 is 2.30 bits per heavy atom. The van der Waals surface area contributed by atoms with Crippen LogP contribution in [0.3, 0.4) is 0 Å². The van der Waals surface area contributed by atoms with Crippen molar-refractivity contribution in [2.75, 3.05) is 18.0 Å². The van der Waals surface area contributed by atoms with Crippen LogP contribution in [0.25, 0.3) is 0 Å². The molecule has 5 nitrogen and oxygen atoms in total. The molecule has 1 unspecified atom stereocenters. The van der Waals surface area contributed by atoms with Crippen molar-refractivity contribution in [2.45, 2.75) is 38.8 Å². The maximum absolute atomic E-state index is 13.2. The zero-order valence-corrected chi connectivity index (χ0v) is 11.8. The van der Waals surface area contributed by atoms with Gasteiger partial charge in [0.15, 0.2) is 0 Å². The zero-order chi connectivity index (χ0) is 14.7. The van der Waals surface area contributed by atoms with E-state index >= 15 is 0 Å². The van der Waals surface area contributed by atoms with Gasteiger partial charge >= 0.3 is 0 Å². The predicted octanol–water partition coefficient (Wildman–Crippen LogP) is 2.70. The van der Waals surface area contributed by atoms with Crippen LogP contribution in [0.1, 0.15) is 26.7 Å². The average molecular weight is 281 g/mol. The molecular weight excluding hydrogens is 261 g/mol. The third-order valence-electron chi connectivity index (χ3n) is 3.65. The Bertz CT molecular complexity index is 487. The Balaban J connectivity index is 2.30.